The highest BCUT2D eigenvalue weighted by atomic mass is 79.9. The number of H-pyrrole nitrogens is 1. The van der Waals surface area contributed by atoms with Crippen molar-refractivity contribution in [1.82, 2.24) is 9.97 Å². The Morgan fingerprint density at radius 3 is 2.88 bits per heavy atom. The molecule has 0 aliphatic heterocycles. The van der Waals surface area contributed by atoms with Crippen molar-refractivity contribution >= 4 is 43.2 Å². The minimum absolute atomic E-state index is 0.0549. The molecule has 6 nitrogen and oxygen atoms in total. The first kappa shape index (κ1) is 15.5. The summed E-state index contributed by atoms with van der Waals surface area (Å²) in [5.41, 5.74) is 1.43. The second kappa shape index (κ2) is 5.78. The number of hydrogen-bond acceptors (Lipinski definition) is 5. The Bertz CT molecular complexity index is 1040. The highest BCUT2D eigenvalue weighted by Crippen LogP contribution is 2.35. The lowest BCUT2D eigenvalue weighted by atomic mass is 9.97. The number of nitro groups is 1. The van der Waals surface area contributed by atoms with Crippen molar-refractivity contribution in [2.45, 2.75) is 25.7 Å². The lowest BCUT2D eigenvalue weighted by Crippen LogP contribution is -2.11. The fraction of sp³-hybridized carbons (Fsp3) is 0.250. The SMILES string of the molecule is O=c1[nH]c(-c2ccc(Br)c([N+](=O)[O-])c2)nc2sc3c(c12)CCCC3. The molecule has 3 aromatic rings. The van der Waals surface area contributed by atoms with Gasteiger partial charge in [-0.1, -0.05) is 0 Å². The van der Waals surface area contributed by atoms with E-state index in [1.807, 2.05) is 0 Å². The lowest BCUT2D eigenvalue weighted by Gasteiger charge is -2.09. The van der Waals surface area contributed by atoms with E-state index in [-0.39, 0.29) is 11.2 Å². The molecule has 1 aliphatic rings. The van der Waals surface area contributed by atoms with E-state index in [9.17, 15) is 14.9 Å². The molecule has 1 aliphatic carbocycles. The zero-order chi connectivity index (χ0) is 16.8. The van der Waals surface area contributed by atoms with Gasteiger partial charge in [-0.25, -0.2) is 4.98 Å². The van der Waals surface area contributed by atoms with Crippen LogP contribution in [0.4, 0.5) is 5.69 Å². The standard InChI is InChI=1S/C16H12BrN3O3S/c17-10-6-5-8(7-11(10)20(22)23)14-18-15(21)13-9-3-1-2-4-12(9)24-16(13)19-14/h5-7H,1-4H2,(H,18,19,21). The molecular formula is C16H12BrN3O3S. The number of nitro benzene ring substituents is 1. The molecule has 24 heavy (non-hydrogen) atoms. The van der Waals surface area contributed by atoms with Crippen molar-refractivity contribution in [2.75, 3.05) is 0 Å². The Balaban J connectivity index is 1.91. The topological polar surface area (TPSA) is 88.9 Å². The molecule has 0 atom stereocenters. The summed E-state index contributed by atoms with van der Waals surface area (Å²) in [6.45, 7) is 0. The first-order valence-electron chi connectivity index (χ1n) is 7.53. The second-order valence-corrected chi connectivity index (χ2v) is 7.67. The van der Waals surface area contributed by atoms with E-state index in [1.165, 1.54) is 10.9 Å². The highest BCUT2D eigenvalue weighted by molar-refractivity contribution is 9.10. The van der Waals surface area contributed by atoms with Crippen LogP contribution in [-0.4, -0.2) is 14.9 Å². The first-order chi connectivity index (χ1) is 11.5. The fourth-order valence-electron chi connectivity index (χ4n) is 3.10. The van der Waals surface area contributed by atoms with Crippen LogP contribution in [0.15, 0.2) is 27.5 Å². The van der Waals surface area contributed by atoms with Crippen LogP contribution >= 0.6 is 27.3 Å². The van der Waals surface area contributed by atoms with Gasteiger partial charge in [0.1, 0.15) is 10.7 Å². The van der Waals surface area contributed by atoms with E-state index in [4.69, 9.17) is 0 Å². The summed E-state index contributed by atoms with van der Waals surface area (Å²) >= 11 is 4.73. The largest absolute Gasteiger partial charge is 0.306 e. The molecule has 0 saturated carbocycles. The van der Waals surface area contributed by atoms with E-state index < -0.39 is 4.92 Å². The van der Waals surface area contributed by atoms with Crippen LogP contribution in [0.3, 0.4) is 0 Å². The van der Waals surface area contributed by atoms with Crippen molar-refractivity contribution in [3.05, 3.63) is 53.6 Å². The van der Waals surface area contributed by atoms with Gasteiger partial charge in [-0.15, -0.1) is 11.3 Å². The van der Waals surface area contributed by atoms with Gasteiger partial charge in [0.05, 0.1) is 14.8 Å². The summed E-state index contributed by atoms with van der Waals surface area (Å²) in [5.74, 6) is 0.363. The van der Waals surface area contributed by atoms with E-state index >= 15 is 0 Å². The van der Waals surface area contributed by atoms with E-state index in [0.29, 0.717) is 26.1 Å². The van der Waals surface area contributed by atoms with Gasteiger partial charge in [-0.2, -0.15) is 0 Å². The summed E-state index contributed by atoms with van der Waals surface area (Å²) in [4.78, 5) is 32.5. The molecular weight excluding hydrogens is 394 g/mol. The molecule has 0 amide bonds. The normalized spacial score (nSPS) is 13.9. The number of fused-ring (bicyclic) bond motifs is 3. The number of halogens is 1. The molecule has 0 radical (unpaired) electrons. The molecule has 0 fully saturated rings. The molecule has 0 unspecified atom stereocenters. The van der Waals surface area contributed by atoms with Gasteiger partial charge in [0.15, 0.2) is 0 Å². The molecule has 0 saturated heterocycles. The van der Waals surface area contributed by atoms with Gasteiger partial charge in [-0.05, 0) is 59.3 Å². The Labute approximate surface area is 148 Å². The van der Waals surface area contributed by atoms with Crippen LogP contribution in [0.2, 0.25) is 0 Å². The van der Waals surface area contributed by atoms with Gasteiger partial charge in [0.2, 0.25) is 0 Å². The summed E-state index contributed by atoms with van der Waals surface area (Å²) in [6.07, 6.45) is 4.15. The fourth-order valence-corrected chi connectivity index (χ4v) is 4.75. The minimum Gasteiger partial charge on any atom is -0.306 e. The van der Waals surface area contributed by atoms with Crippen LogP contribution in [-0.2, 0) is 12.8 Å². The molecule has 0 spiro atoms. The predicted octanol–water partition coefficient (Wildman–Crippen LogP) is 4.20. The number of aromatic amines is 1. The smallest absolute Gasteiger partial charge is 0.284 e. The molecule has 122 valence electrons. The highest BCUT2D eigenvalue weighted by Gasteiger charge is 2.21. The zero-order valence-electron chi connectivity index (χ0n) is 12.5. The van der Waals surface area contributed by atoms with Gasteiger partial charge in [-0.3, -0.25) is 14.9 Å². The molecule has 4 rings (SSSR count). The number of nitrogens with one attached hydrogen (secondary N) is 1. The molecule has 2 heterocycles. The second-order valence-electron chi connectivity index (χ2n) is 5.73. The maximum Gasteiger partial charge on any atom is 0.284 e. The number of nitrogens with zero attached hydrogens (tertiary/aromatic N) is 2. The van der Waals surface area contributed by atoms with Crippen molar-refractivity contribution in [1.29, 1.82) is 0 Å². The van der Waals surface area contributed by atoms with Crippen LogP contribution in [0.5, 0.6) is 0 Å². The van der Waals surface area contributed by atoms with E-state index in [2.05, 4.69) is 25.9 Å². The average Bonchev–Trinajstić information content (AvgIpc) is 2.93. The minimum atomic E-state index is -0.464. The Morgan fingerprint density at radius 1 is 1.29 bits per heavy atom. The first-order valence-corrected chi connectivity index (χ1v) is 9.14. The summed E-state index contributed by atoms with van der Waals surface area (Å²) < 4.78 is 0.395. The number of hydrogen-bond donors (Lipinski definition) is 1. The van der Waals surface area contributed by atoms with Crippen molar-refractivity contribution in [3.63, 3.8) is 0 Å². The number of thiophene rings is 1. The predicted molar refractivity (Wildman–Crippen MR) is 96.7 cm³/mol. The third-order valence-corrected chi connectivity index (χ3v) is 6.10. The van der Waals surface area contributed by atoms with Crippen LogP contribution < -0.4 is 5.56 Å². The molecule has 8 heteroatoms. The molecule has 1 aromatic carbocycles. The maximum atomic E-state index is 12.6. The third kappa shape index (κ3) is 2.46. The molecule has 1 N–H and O–H groups in total. The van der Waals surface area contributed by atoms with E-state index in [0.717, 1.165) is 31.2 Å². The van der Waals surface area contributed by atoms with Gasteiger partial charge in [0.25, 0.3) is 11.2 Å². The summed E-state index contributed by atoms with van der Waals surface area (Å²) in [7, 11) is 0. The molecule has 2 aromatic heterocycles. The van der Waals surface area contributed by atoms with Crippen molar-refractivity contribution in [2.24, 2.45) is 0 Å². The maximum absolute atomic E-state index is 12.6. The Morgan fingerprint density at radius 2 is 2.08 bits per heavy atom. The van der Waals surface area contributed by atoms with Crippen molar-refractivity contribution < 1.29 is 4.92 Å². The Hall–Kier alpha value is -2.06. The summed E-state index contributed by atoms with van der Waals surface area (Å²) in [5, 5.41) is 11.8. The van der Waals surface area contributed by atoms with Crippen LogP contribution in [0, 0.1) is 10.1 Å². The van der Waals surface area contributed by atoms with Crippen LogP contribution in [0.25, 0.3) is 21.6 Å². The average molecular weight is 406 g/mol. The van der Waals surface area contributed by atoms with Gasteiger partial charge >= 0.3 is 0 Å². The van der Waals surface area contributed by atoms with E-state index in [1.54, 1.807) is 23.5 Å². The van der Waals surface area contributed by atoms with Crippen LogP contribution in [0.1, 0.15) is 23.3 Å². The summed E-state index contributed by atoms with van der Waals surface area (Å²) in [6, 6.07) is 4.72. The number of aryl methyl sites for hydroxylation is 2. The van der Waals surface area contributed by atoms with Gasteiger partial charge in [0, 0.05) is 16.5 Å². The zero-order valence-corrected chi connectivity index (χ0v) is 14.9. The number of aromatic nitrogens is 2. The van der Waals surface area contributed by atoms with Gasteiger partial charge < -0.3 is 4.98 Å². The van der Waals surface area contributed by atoms with Crippen molar-refractivity contribution in [3.8, 4) is 11.4 Å². The molecule has 0 bridgehead atoms. The number of rotatable bonds is 2. The Kier molecular flexibility index (Phi) is 3.73. The number of benzene rings is 1. The lowest BCUT2D eigenvalue weighted by molar-refractivity contribution is -0.385. The third-order valence-electron chi connectivity index (χ3n) is 4.24. The monoisotopic (exact) mass is 405 g/mol. The quantitative estimate of drug-likeness (QED) is 0.510.